The van der Waals surface area contributed by atoms with Crippen LogP contribution >= 0.6 is 0 Å². The van der Waals surface area contributed by atoms with Crippen molar-refractivity contribution in [3.63, 3.8) is 0 Å². The standard InChI is InChI=1S/C18H24N6O/c25-18(15-7-1-2-8-15)23-11-5-6-14(12-23)13-24-21-17(20-22-24)16-9-3-4-10-19-16/h3-4,9-10,14-15H,1-2,5-8,11-13H2/t14-/m0/s1. The van der Waals surface area contributed by atoms with Gasteiger partial charge in [-0.1, -0.05) is 18.9 Å². The molecule has 1 saturated heterocycles. The lowest BCUT2D eigenvalue weighted by Gasteiger charge is -2.34. The van der Waals surface area contributed by atoms with Crippen LogP contribution in [0.2, 0.25) is 0 Å². The second-order valence-corrected chi connectivity index (χ2v) is 7.16. The second kappa shape index (κ2) is 7.29. The Morgan fingerprint density at radius 2 is 2.04 bits per heavy atom. The second-order valence-electron chi connectivity index (χ2n) is 7.16. The van der Waals surface area contributed by atoms with Crippen LogP contribution in [-0.2, 0) is 11.3 Å². The molecule has 2 aromatic heterocycles. The van der Waals surface area contributed by atoms with Gasteiger partial charge >= 0.3 is 0 Å². The molecule has 1 aliphatic heterocycles. The lowest BCUT2D eigenvalue weighted by atomic mass is 9.96. The highest BCUT2D eigenvalue weighted by molar-refractivity contribution is 5.79. The van der Waals surface area contributed by atoms with Crippen molar-refractivity contribution < 1.29 is 4.79 Å². The summed E-state index contributed by atoms with van der Waals surface area (Å²) in [5.41, 5.74) is 0.732. The maximum Gasteiger partial charge on any atom is 0.225 e. The van der Waals surface area contributed by atoms with Gasteiger partial charge in [0, 0.05) is 25.2 Å². The van der Waals surface area contributed by atoms with Gasteiger partial charge in [-0.15, -0.1) is 10.2 Å². The van der Waals surface area contributed by atoms with E-state index in [9.17, 15) is 4.79 Å². The molecular weight excluding hydrogens is 316 g/mol. The maximum atomic E-state index is 12.7. The summed E-state index contributed by atoms with van der Waals surface area (Å²) in [6.07, 6.45) is 8.43. The van der Waals surface area contributed by atoms with Gasteiger partial charge in [-0.25, -0.2) is 0 Å². The molecule has 1 amide bonds. The lowest BCUT2D eigenvalue weighted by molar-refractivity contribution is -0.137. The Morgan fingerprint density at radius 1 is 1.16 bits per heavy atom. The van der Waals surface area contributed by atoms with Crippen molar-refractivity contribution in [1.82, 2.24) is 30.1 Å². The van der Waals surface area contributed by atoms with Gasteiger partial charge in [-0.2, -0.15) is 4.80 Å². The molecule has 132 valence electrons. The molecule has 2 aromatic rings. The Morgan fingerprint density at radius 3 is 2.84 bits per heavy atom. The first-order chi connectivity index (χ1) is 12.3. The van der Waals surface area contributed by atoms with E-state index in [1.165, 1.54) is 12.8 Å². The Balaban J connectivity index is 1.37. The van der Waals surface area contributed by atoms with Crippen LogP contribution in [-0.4, -0.2) is 49.1 Å². The summed E-state index contributed by atoms with van der Waals surface area (Å²) in [6, 6.07) is 5.66. The molecule has 0 bridgehead atoms. The molecule has 25 heavy (non-hydrogen) atoms. The lowest BCUT2D eigenvalue weighted by Crippen LogP contribution is -2.43. The summed E-state index contributed by atoms with van der Waals surface area (Å²) in [5.74, 6) is 1.57. The number of piperidine rings is 1. The number of amides is 1. The molecule has 2 aliphatic rings. The molecule has 0 spiro atoms. The minimum absolute atomic E-state index is 0.263. The van der Waals surface area contributed by atoms with Crippen LogP contribution < -0.4 is 0 Å². The zero-order chi connectivity index (χ0) is 17.1. The van der Waals surface area contributed by atoms with Crippen molar-refractivity contribution in [2.75, 3.05) is 13.1 Å². The summed E-state index contributed by atoms with van der Waals surface area (Å²) in [7, 11) is 0. The molecule has 0 aromatic carbocycles. The van der Waals surface area contributed by atoms with Crippen LogP contribution in [0.25, 0.3) is 11.5 Å². The van der Waals surface area contributed by atoms with Gasteiger partial charge in [0.05, 0.1) is 6.54 Å². The molecule has 3 heterocycles. The van der Waals surface area contributed by atoms with Crippen molar-refractivity contribution >= 4 is 5.91 Å². The van der Waals surface area contributed by atoms with Crippen LogP contribution in [0.1, 0.15) is 38.5 Å². The monoisotopic (exact) mass is 340 g/mol. The number of hydrogen-bond donors (Lipinski definition) is 0. The first-order valence-corrected chi connectivity index (χ1v) is 9.27. The van der Waals surface area contributed by atoms with Crippen LogP contribution in [0.5, 0.6) is 0 Å². The number of nitrogens with zero attached hydrogens (tertiary/aromatic N) is 6. The Labute approximate surface area is 147 Å². The molecule has 1 atom stereocenters. The van der Waals surface area contributed by atoms with E-state index in [0.29, 0.717) is 24.2 Å². The molecule has 2 fully saturated rings. The predicted molar refractivity (Wildman–Crippen MR) is 92.3 cm³/mol. The molecule has 0 N–H and O–H groups in total. The van der Waals surface area contributed by atoms with E-state index in [1.54, 1.807) is 11.0 Å². The molecule has 1 aliphatic carbocycles. The average Bonchev–Trinajstić information content (AvgIpc) is 3.34. The van der Waals surface area contributed by atoms with Crippen LogP contribution in [0.3, 0.4) is 0 Å². The number of pyridine rings is 1. The van der Waals surface area contributed by atoms with E-state index in [2.05, 4.69) is 25.3 Å². The third-order valence-electron chi connectivity index (χ3n) is 5.30. The van der Waals surface area contributed by atoms with E-state index in [0.717, 1.165) is 44.5 Å². The fourth-order valence-electron chi connectivity index (χ4n) is 3.99. The highest BCUT2D eigenvalue weighted by Gasteiger charge is 2.30. The van der Waals surface area contributed by atoms with E-state index >= 15 is 0 Å². The van der Waals surface area contributed by atoms with Gasteiger partial charge in [0.2, 0.25) is 11.7 Å². The van der Waals surface area contributed by atoms with Gasteiger partial charge < -0.3 is 4.90 Å². The molecule has 0 unspecified atom stereocenters. The smallest absolute Gasteiger partial charge is 0.225 e. The normalized spacial score (nSPS) is 21.6. The van der Waals surface area contributed by atoms with Crippen molar-refractivity contribution in [2.24, 2.45) is 11.8 Å². The van der Waals surface area contributed by atoms with E-state index in [1.807, 2.05) is 18.2 Å². The molecule has 1 saturated carbocycles. The van der Waals surface area contributed by atoms with E-state index in [4.69, 9.17) is 0 Å². The van der Waals surface area contributed by atoms with Gasteiger partial charge in [0.25, 0.3) is 0 Å². The van der Waals surface area contributed by atoms with Crippen molar-refractivity contribution in [3.05, 3.63) is 24.4 Å². The van der Waals surface area contributed by atoms with Crippen LogP contribution in [0.4, 0.5) is 0 Å². The van der Waals surface area contributed by atoms with Crippen molar-refractivity contribution in [3.8, 4) is 11.5 Å². The number of aromatic nitrogens is 5. The summed E-state index contributed by atoms with van der Waals surface area (Å²) in [5, 5.41) is 12.7. The number of likely N-dealkylation sites (tertiary alicyclic amines) is 1. The minimum Gasteiger partial charge on any atom is -0.342 e. The number of hydrogen-bond acceptors (Lipinski definition) is 5. The number of rotatable bonds is 4. The summed E-state index contributed by atoms with van der Waals surface area (Å²) in [6.45, 7) is 2.42. The summed E-state index contributed by atoms with van der Waals surface area (Å²) < 4.78 is 0. The molecule has 0 radical (unpaired) electrons. The minimum atomic E-state index is 0.263. The Bertz CT molecular complexity index is 709. The summed E-state index contributed by atoms with van der Waals surface area (Å²) >= 11 is 0. The van der Waals surface area contributed by atoms with Crippen LogP contribution in [0, 0.1) is 11.8 Å². The van der Waals surface area contributed by atoms with Gasteiger partial charge in [-0.3, -0.25) is 9.78 Å². The largest absolute Gasteiger partial charge is 0.342 e. The number of tetrazole rings is 1. The van der Waals surface area contributed by atoms with Crippen molar-refractivity contribution in [1.29, 1.82) is 0 Å². The zero-order valence-electron chi connectivity index (χ0n) is 14.4. The Kier molecular flexibility index (Phi) is 4.72. The van der Waals surface area contributed by atoms with Crippen molar-refractivity contribution in [2.45, 2.75) is 45.1 Å². The zero-order valence-corrected chi connectivity index (χ0v) is 14.4. The predicted octanol–water partition coefficient (Wildman–Crippen LogP) is 2.16. The first kappa shape index (κ1) is 16.2. The SMILES string of the molecule is O=C(C1CCCC1)N1CCC[C@H](Cn2nnc(-c3ccccn3)n2)C1. The summed E-state index contributed by atoms with van der Waals surface area (Å²) in [4.78, 5) is 20.6. The third-order valence-corrected chi connectivity index (χ3v) is 5.30. The van der Waals surface area contributed by atoms with E-state index < -0.39 is 0 Å². The fraction of sp³-hybridized carbons (Fsp3) is 0.611. The van der Waals surface area contributed by atoms with Crippen LogP contribution in [0.15, 0.2) is 24.4 Å². The highest BCUT2D eigenvalue weighted by Crippen LogP contribution is 2.28. The maximum absolute atomic E-state index is 12.7. The highest BCUT2D eigenvalue weighted by atomic mass is 16.2. The molecule has 7 nitrogen and oxygen atoms in total. The Hall–Kier alpha value is -2.31. The fourth-order valence-corrected chi connectivity index (χ4v) is 3.99. The third kappa shape index (κ3) is 3.70. The van der Waals surface area contributed by atoms with E-state index in [-0.39, 0.29) is 5.92 Å². The van der Waals surface area contributed by atoms with Gasteiger partial charge in [0.15, 0.2) is 0 Å². The molecule has 7 heteroatoms. The molecule has 4 rings (SSSR count). The average molecular weight is 340 g/mol. The molecular formula is C18H24N6O. The van der Waals surface area contributed by atoms with Gasteiger partial charge in [-0.05, 0) is 48.9 Å². The van der Waals surface area contributed by atoms with Gasteiger partial charge in [0.1, 0.15) is 5.69 Å². The number of carbonyl (C=O) groups excluding carboxylic acids is 1. The number of carbonyl (C=O) groups is 1. The topological polar surface area (TPSA) is 76.8 Å². The first-order valence-electron chi connectivity index (χ1n) is 9.27. The quantitative estimate of drug-likeness (QED) is 0.852.